The Kier molecular flexibility index (Phi) is 5.51. The smallest absolute Gasteiger partial charge is 0.336 e. The minimum Gasteiger partial charge on any atom is -0.497 e. The second-order valence-electron chi connectivity index (χ2n) is 4.62. The molecule has 0 radical (unpaired) electrons. The van der Waals surface area contributed by atoms with Gasteiger partial charge in [0.2, 0.25) is 5.75 Å². The Morgan fingerprint density at radius 3 is 2.46 bits per heavy atom. The number of ether oxygens (including phenoxy) is 3. The predicted molar refractivity (Wildman–Crippen MR) is 87.3 cm³/mol. The number of carbonyl (C=O) groups excluding carboxylic acids is 1. The zero-order valence-electron chi connectivity index (χ0n) is 13.1. The Morgan fingerprint density at radius 2 is 1.79 bits per heavy atom. The molecule has 0 fully saturated rings. The van der Waals surface area contributed by atoms with E-state index in [2.05, 4.69) is 0 Å². The first kappa shape index (κ1) is 17.0. The molecule has 24 heavy (non-hydrogen) atoms. The lowest BCUT2D eigenvalue weighted by atomic mass is 10.2. The fraction of sp³-hybridized carbons (Fsp3) is 0.118. The summed E-state index contributed by atoms with van der Waals surface area (Å²) < 4.78 is 15.0. The van der Waals surface area contributed by atoms with E-state index in [0.29, 0.717) is 11.5 Å². The second-order valence-corrected chi connectivity index (χ2v) is 4.62. The van der Waals surface area contributed by atoms with Crippen molar-refractivity contribution in [3.05, 3.63) is 64.2 Å². The molecule has 0 aliphatic rings. The molecule has 0 aromatic heterocycles. The van der Waals surface area contributed by atoms with E-state index in [1.807, 2.05) is 0 Å². The van der Waals surface area contributed by atoms with Crippen LogP contribution in [0.4, 0.5) is 5.69 Å². The van der Waals surface area contributed by atoms with Gasteiger partial charge >= 0.3 is 11.7 Å². The Morgan fingerprint density at radius 1 is 1.08 bits per heavy atom. The number of rotatable bonds is 6. The number of nitro benzene ring substituents is 1. The van der Waals surface area contributed by atoms with Gasteiger partial charge in [0, 0.05) is 6.08 Å². The van der Waals surface area contributed by atoms with Crippen LogP contribution < -0.4 is 14.2 Å². The van der Waals surface area contributed by atoms with Gasteiger partial charge in [0.15, 0.2) is 0 Å². The van der Waals surface area contributed by atoms with Gasteiger partial charge in [0.1, 0.15) is 11.5 Å². The van der Waals surface area contributed by atoms with Crippen molar-refractivity contribution in [1.82, 2.24) is 0 Å². The highest BCUT2D eigenvalue weighted by Gasteiger charge is 2.18. The Hall–Kier alpha value is -3.35. The molecule has 0 amide bonds. The van der Waals surface area contributed by atoms with Gasteiger partial charge in [-0.15, -0.1) is 0 Å². The molecule has 2 aromatic rings. The molecule has 0 heterocycles. The number of nitrogens with zero attached hydrogens (tertiary/aromatic N) is 1. The van der Waals surface area contributed by atoms with Crippen molar-refractivity contribution >= 4 is 17.7 Å². The van der Waals surface area contributed by atoms with Crippen molar-refractivity contribution in [2.24, 2.45) is 0 Å². The number of hydrogen-bond donors (Lipinski definition) is 0. The zero-order chi connectivity index (χ0) is 17.5. The normalized spacial score (nSPS) is 10.4. The van der Waals surface area contributed by atoms with Gasteiger partial charge < -0.3 is 14.2 Å². The fourth-order valence-corrected chi connectivity index (χ4v) is 1.90. The number of carbonyl (C=O) groups is 1. The lowest BCUT2D eigenvalue weighted by Gasteiger charge is -2.05. The van der Waals surface area contributed by atoms with Gasteiger partial charge in [-0.3, -0.25) is 10.1 Å². The van der Waals surface area contributed by atoms with Crippen LogP contribution in [0.3, 0.4) is 0 Å². The lowest BCUT2D eigenvalue weighted by molar-refractivity contribution is -0.385. The zero-order valence-corrected chi connectivity index (χ0v) is 13.1. The minimum absolute atomic E-state index is 0.152. The SMILES string of the molecule is COc1cccc(C=CC(=O)Oc2ccc(OC)cc2[N+](=O)[O-])c1. The van der Waals surface area contributed by atoms with E-state index in [1.165, 1.54) is 37.5 Å². The van der Waals surface area contributed by atoms with E-state index in [9.17, 15) is 14.9 Å². The first-order valence-corrected chi connectivity index (χ1v) is 6.90. The quantitative estimate of drug-likeness (QED) is 0.266. The summed E-state index contributed by atoms with van der Waals surface area (Å²) >= 11 is 0. The molecule has 0 atom stereocenters. The van der Waals surface area contributed by atoms with Crippen LogP contribution in [0.2, 0.25) is 0 Å². The summed E-state index contributed by atoms with van der Waals surface area (Å²) in [7, 11) is 2.93. The van der Waals surface area contributed by atoms with Crippen LogP contribution in [0.5, 0.6) is 17.2 Å². The topological polar surface area (TPSA) is 87.9 Å². The summed E-state index contributed by atoms with van der Waals surface area (Å²) in [5.74, 6) is 0.0666. The number of esters is 1. The van der Waals surface area contributed by atoms with Crippen molar-refractivity contribution in [2.45, 2.75) is 0 Å². The van der Waals surface area contributed by atoms with Gasteiger partial charge in [-0.05, 0) is 35.9 Å². The van der Waals surface area contributed by atoms with Gasteiger partial charge in [0.05, 0.1) is 25.2 Å². The molecule has 0 saturated carbocycles. The molecule has 7 heteroatoms. The molecule has 0 bridgehead atoms. The molecule has 2 aromatic carbocycles. The van der Waals surface area contributed by atoms with Gasteiger partial charge in [0.25, 0.3) is 0 Å². The van der Waals surface area contributed by atoms with Crippen LogP contribution in [-0.4, -0.2) is 25.1 Å². The largest absolute Gasteiger partial charge is 0.497 e. The summed E-state index contributed by atoms with van der Waals surface area (Å²) in [5, 5.41) is 11.0. The van der Waals surface area contributed by atoms with Crippen molar-refractivity contribution < 1.29 is 23.9 Å². The molecule has 7 nitrogen and oxygen atoms in total. The third-order valence-electron chi connectivity index (χ3n) is 3.08. The van der Waals surface area contributed by atoms with Crippen LogP contribution in [0.15, 0.2) is 48.5 Å². The first-order chi connectivity index (χ1) is 11.5. The monoisotopic (exact) mass is 329 g/mol. The van der Waals surface area contributed by atoms with Crippen LogP contribution >= 0.6 is 0 Å². The standard InChI is InChI=1S/C17H15NO6/c1-22-13-5-3-4-12(10-13)6-9-17(19)24-16-8-7-14(23-2)11-15(16)18(20)21/h3-11H,1-2H3. The lowest BCUT2D eigenvalue weighted by Crippen LogP contribution is -2.06. The summed E-state index contributed by atoms with van der Waals surface area (Å²) in [6, 6.07) is 11.0. The van der Waals surface area contributed by atoms with E-state index in [-0.39, 0.29) is 11.4 Å². The maximum Gasteiger partial charge on any atom is 0.336 e. The van der Waals surface area contributed by atoms with Gasteiger partial charge in [-0.2, -0.15) is 0 Å². The highest BCUT2D eigenvalue weighted by molar-refractivity contribution is 5.89. The van der Waals surface area contributed by atoms with Crippen molar-refractivity contribution in [3.63, 3.8) is 0 Å². The maximum atomic E-state index is 11.9. The molecule has 0 aliphatic heterocycles. The maximum absolute atomic E-state index is 11.9. The summed E-state index contributed by atoms with van der Waals surface area (Å²) in [6.07, 6.45) is 2.71. The molecule has 0 N–H and O–H groups in total. The van der Waals surface area contributed by atoms with Crippen LogP contribution in [0.1, 0.15) is 5.56 Å². The van der Waals surface area contributed by atoms with E-state index >= 15 is 0 Å². The van der Waals surface area contributed by atoms with Crippen molar-refractivity contribution in [2.75, 3.05) is 14.2 Å². The minimum atomic E-state index is -0.730. The fourth-order valence-electron chi connectivity index (χ4n) is 1.90. The number of methoxy groups -OCH3 is 2. The van der Waals surface area contributed by atoms with E-state index in [0.717, 1.165) is 5.56 Å². The van der Waals surface area contributed by atoms with Crippen molar-refractivity contribution in [1.29, 1.82) is 0 Å². The average molecular weight is 329 g/mol. The third-order valence-corrected chi connectivity index (χ3v) is 3.08. The first-order valence-electron chi connectivity index (χ1n) is 6.90. The number of benzene rings is 2. The summed E-state index contributed by atoms with van der Waals surface area (Å²) in [6.45, 7) is 0. The van der Waals surface area contributed by atoms with E-state index in [1.54, 1.807) is 31.4 Å². The number of nitro groups is 1. The average Bonchev–Trinajstić information content (AvgIpc) is 2.60. The van der Waals surface area contributed by atoms with E-state index < -0.39 is 10.9 Å². The van der Waals surface area contributed by atoms with Crippen LogP contribution in [0.25, 0.3) is 6.08 Å². The highest BCUT2D eigenvalue weighted by atomic mass is 16.6. The molecule has 0 spiro atoms. The second kappa shape index (κ2) is 7.77. The van der Waals surface area contributed by atoms with Gasteiger partial charge in [-0.25, -0.2) is 4.79 Å². The molecular weight excluding hydrogens is 314 g/mol. The van der Waals surface area contributed by atoms with Gasteiger partial charge in [-0.1, -0.05) is 12.1 Å². The predicted octanol–water partition coefficient (Wildman–Crippen LogP) is 3.23. The Balaban J connectivity index is 2.14. The molecule has 0 saturated heterocycles. The molecule has 2 rings (SSSR count). The Bertz CT molecular complexity index is 784. The molecule has 0 aliphatic carbocycles. The summed E-state index contributed by atoms with van der Waals surface area (Å²) in [4.78, 5) is 22.3. The third kappa shape index (κ3) is 4.33. The Labute approximate surface area is 138 Å². The van der Waals surface area contributed by atoms with Crippen LogP contribution in [-0.2, 0) is 4.79 Å². The van der Waals surface area contributed by atoms with Crippen molar-refractivity contribution in [3.8, 4) is 17.2 Å². The number of hydrogen-bond acceptors (Lipinski definition) is 6. The molecule has 0 unspecified atom stereocenters. The van der Waals surface area contributed by atoms with E-state index in [4.69, 9.17) is 14.2 Å². The highest BCUT2D eigenvalue weighted by Crippen LogP contribution is 2.31. The molecule has 124 valence electrons. The molecular formula is C17H15NO6. The summed E-state index contributed by atoms with van der Waals surface area (Å²) in [5.41, 5.74) is 0.382. The van der Waals surface area contributed by atoms with Crippen LogP contribution in [0, 0.1) is 10.1 Å².